The number of guanidine groups is 1. The molecule has 2 aliphatic heterocycles. The van der Waals surface area contributed by atoms with E-state index in [1.165, 1.54) is 22.3 Å². The normalized spacial score (nSPS) is 19.6. The predicted octanol–water partition coefficient (Wildman–Crippen LogP) is -0.237. The number of amides is 5. The Bertz CT molecular complexity index is 1700. The van der Waals surface area contributed by atoms with Gasteiger partial charge < -0.3 is 53.0 Å². The summed E-state index contributed by atoms with van der Waals surface area (Å²) in [4.78, 5) is 94.3. The fourth-order valence-corrected chi connectivity index (χ4v) is 7.54. The Morgan fingerprint density at radius 1 is 1.00 bits per heavy atom. The van der Waals surface area contributed by atoms with E-state index in [2.05, 4.69) is 46.8 Å². The van der Waals surface area contributed by atoms with Gasteiger partial charge in [0.15, 0.2) is 5.96 Å². The van der Waals surface area contributed by atoms with Crippen molar-refractivity contribution >= 4 is 57.4 Å². The molecule has 6 atom stereocenters. The van der Waals surface area contributed by atoms with Crippen molar-refractivity contribution in [1.29, 1.82) is 0 Å². The number of carbonyl (C=O) groups is 6. The Morgan fingerprint density at radius 3 is 2.34 bits per heavy atom. The number of hydrogen-bond acceptors (Lipinski definition) is 9. The zero-order chi connectivity index (χ0) is 40.9. The number of aliphatic imine (C=N–C) groups is 1. The van der Waals surface area contributed by atoms with Gasteiger partial charge in [-0.25, -0.2) is 9.78 Å². The van der Waals surface area contributed by atoms with Crippen LogP contribution in [0, 0.1) is 11.8 Å². The average Bonchev–Trinajstić information content (AvgIpc) is 3.94. The quantitative estimate of drug-likeness (QED) is 0.0519. The predicted molar refractivity (Wildman–Crippen MR) is 210 cm³/mol. The summed E-state index contributed by atoms with van der Waals surface area (Å²) in [6.45, 7) is 4.05. The van der Waals surface area contributed by atoms with Crippen LogP contribution in [0.2, 0.25) is 0 Å². The SMILES string of the molecule is CC(C)C[C@H](NC(=O)[C@@H]1CCCN1C(=O)[C@H](CCCN=C(N)N)NC(=O)[C@H](Cc1cnc[nH]1)NC(=O)CN)C(=O)N1CC(Cc2ccc(Br)cc2)C[C@H]1C(=O)O. The van der Waals surface area contributed by atoms with Crippen molar-refractivity contribution in [3.8, 4) is 0 Å². The van der Waals surface area contributed by atoms with Crippen molar-refractivity contribution in [1.82, 2.24) is 35.7 Å². The van der Waals surface area contributed by atoms with E-state index in [1.54, 1.807) is 0 Å². The van der Waals surface area contributed by atoms with E-state index < -0.39 is 65.7 Å². The van der Waals surface area contributed by atoms with E-state index >= 15 is 0 Å². The fraction of sp³-hybridized carbons (Fsp3) is 0.568. The number of aliphatic carboxylic acids is 1. The number of H-pyrrole nitrogens is 1. The van der Waals surface area contributed by atoms with Crippen LogP contribution in [0.25, 0.3) is 0 Å². The first-order chi connectivity index (χ1) is 26.7. The number of nitrogens with one attached hydrogen (secondary N) is 4. The zero-order valence-electron chi connectivity index (χ0n) is 31.8. The molecule has 306 valence electrons. The van der Waals surface area contributed by atoms with E-state index in [4.69, 9.17) is 17.2 Å². The highest BCUT2D eigenvalue weighted by Crippen LogP contribution is 2.29. The molecule has 0 saturated carbocycles. The first kappa shape index (κ1) is 43.7. The molecule has 4 rings (SSSR count). The van der Waals surface area contributed by atoms with Crippen LogP contribution in [0.3, 0.4) is 0 Å². The zero-order valence-corrected chi connectivity index (χ0v) is 33.4. The molecule has 56 heavy (non-hydrogen) atoms. The van der Waals surface area contributed by atoms with Crippen molar-refractivity contribution < 1.29 is 33.9 Å². The molecule has 1 unspecified atom stereocenters. The van der Waals surface area contributed by atoms with E-state index in [-0.39, 0.29) is 69.7 Å². The molecule has 2 aliphatic rings. The third-order valence-corrected chi connectivity index (χ3v) is 10.5. The largest absolute Gasteiger partial charge is 0.480 e. The number of carboxylic acid groups (broad SMARTS) is 1. The van der Waals surface area contributed by atoms with Crippen molar-refractivity contribution in [3.63, 3.8) is 0 Å². The molecule has 5 amide bonds. The van der Waals surface area contributed by atoms with Crippen molar-refractivity contribution in [3.05, 3.63) is 52.5 Å². The second kappa shape index (κ2) is 20.8. The number of likely N-dealkylation sites (tertiary alicyclic amines) is 2. The number of aromatic nitrogens is 2. The Hall–Kier alpha value is -5.04. The van der Waals surface area contributed by atoms with Crippen LogP contribution >= 0.6 is 15.9 Å². The van der Waals surface area contributed by atoms with Crippen LogP contribution in [0.1, 0.15) is 63.6 Å². The van der Waals surface area contributed by atoms with E-state index in [9.17, 15) is 33.9 Å². The van der Waals surface area contributed by atoms with Gasteiger partial charge in [0.1, 0.15) is 30.2 Å². The van der Waals surface area contributed by atoms with Crippen molar-refractivity contribution in [2.24, 2.45) is 34.0 Å². The van der Waals surface area contributed by atoms with Gasteiger partial charge in [-0.05, 0) is 74.5 Å². The minimum absolute atomic E-state index is 0.0331. The number of halogens is 1. The Morgan fingerprint density at radius 2 is 1.71 bits per heavy atom. The summed E-state index contributed by atoms with van der Waals surface area (Å²) in [6, 6.07) is 2.48. The first-order valence-corrected chi connectivity index (χ1v) is 19.7. The molecular formula is C37H54BrN11O7. The molecule has 19 heteroatoms. The standard InChI is InChI=1S/C37H54BrN11O7/c1-21(2)13-28(35(54)49-19-23(15-30(49)36(55)56)14-22-7-9-24(38)10-8-22)47-33(52)29-6-4-12-48(29)34(53)26(5-3-11-43-37(40)41)46-32(51)27(45-31(50)17-39)16-25-18-42-20-44-25/h7-10,18,20-21,23,26-30H,3-6,11-17,19,39H2,1-2H3,(H,42,44)(H,45,50)(H,46,51)(H,47,52)(H,55,56)(H4,40,41,43)/t23?,26-,27-,28-,29-,30-/m0/s1. The molecule has 2 aromatic rings. The topological polar surface area (TPSA) is 284 Å². The van der Waals surface area contributed by atoms with E-state index in [1.807, 2.05) is 38.1 Å². The van der Waals surface area contributed by atoms with Gasteiger partial charge in [0.25, 0.3) is 0 Å². The van der Waals surface area contributed by atoms with Crippen LogP contribution in [0.5, 0.6) is 0 Å². The lowest BCUT2D eigenvalue weighted by Crippen LogP contribution is -2.59. The lowest BCUT2D eigenvalue weighted by molar-refractivity contribution is -0.150. The molecule has 0 aliphatic carbocycles. The number of nitrogens with two attached hydrogens (primary N) is 3. The molecule has 1 aromatic heterocycles. The highest BCUT2D eigenvalue weighted by atomic mass is 79.9. The van der Waals surface area contributed by atoms with Crippen molar-refractivity contribution in [2.75, 3.05) is 26.2 Å². The van der Waals surface area contributed by atoms with Crippen LogP contribution in [0.15, 0.2) is 46.3 Å². The van der Waals surface area contributed by atoms with Crippen LogP contribution in [-0.4, -0.2) is 123 Å². The molecule has 2 saturated heterocycles. The number of aromatic amines is 1. The smallest absolute Gasteiger partial charge is 0.326 e. The lowest BCUT2D eigenvalue weighted by Gasteiger charge is -2.32. The summed E-state index contributed by atoms with van der Waals surface area (Å²) >= 11 is 3.43. The van der Waals surface area contributed by atoms with Gasteiger partial charge in [0, 0.05) is 42.4 Å². The minimum Gasteiger partial charge on any atom is -0.480 e. The number of hydrogen-bond donors (Lipinski definition) is 8. The Labute approximate surface area is 334 Å². The number of nitrogens with zero attached hydrogens (tertiary/aromatic N) is 4. The molecule has 0 radical (unpaired) electrons. The van der Waals surface area contributed by atoms with Gasteiger partial charge in [-0.15, -0.1) is 0 Å². The number of rotatable bonds is 19. The molecular weight excluding hydrogens is 790 g/mol. The number of carboxylic acids is 1. The number of benzene rings is 1. The summed E-state index contributed by atoms with van der Waals surface area (Å²) in [7, 11) is 0. The Balaban J connectivity index is 1.51. The lowest BCUT2D eigenvalue weighted by atomic mass is 9.97. The fourth-order valence-electron chi connectivity index (χ4n) is 7.28. The molecule has 2 fully saturated rings. The summed E-state index contributed by atoms with van der Waals surface area (Å²) < 4.78 is 0.925. The molecule has 0 bridgehead atoms. The monoisotopic (exact) mass is 843 g/mol. The molecule has 11 N–H and O–H groups in total. The van der Waals surface area contributed by atoms with E-state index in [0.717, 1.165) is 10.0 Å². The second-order valence-electron chi connectivity index (χ2n) is 14.8. The Kier molecular flexibility index (Phi) is 16.2. The van der Waals surface area contributed by atoms with Gasteiger partial charge in [0.2, 0.25) is 29.5 Å². The summed E-state index contributed by atoms with van der Waals surface area (Å²) in [5, 5.41) is 18.3. The third-order valence-electron chi connectivity index (χ3n) is 9.93. The average molecular weight is 845 g/mol. The second-order valence-corrected chi connectivity index (χ2v) is 15.7. The highest BCUT2D eigenvalue weighted by molar-refractivity contribution is 9.10. The van der Waals surface area contributed by atoms with Crippen molar-refractivity contribution in [2.45, 2.75) is 95.4 Å². The maximum absolute atomic E-state index is 14.3. The maximum atomic E-state index is 14.3. The summed E-state index contributed by atoms with van der Waals surface area (Å²) in [5.41, 5.74) is 18.0. The van der Waals surface area contributed by atoms with Crippen LogP contribution in [-0.2, 0) is 41.6 Å². The molecule has 18 nitrogen and oxygen atoms in total. The third kappa shape index (κ3) is 12.5. The van der Waals surface area contributed by atoms with Gasteiger partial charge in [0.05, 0.1) is 12.9 Å². The summed E-state index contributed by atoms with van der Waals surface area (Å²) in [5.74, 6) is -4.17. The summed E-state index contributed by atoms with van der Waals surface area (Å²) in [6.07, 6.45) is 5.29. The van der Waals surface area contributed by atoms with Gasteiger partial charge >= 0.3 is 5.97 Å². The van der Waals surface area contributed by atoms with Crippen LogP contribution < -0.4 is 33.2 Å². The van der Waals surface area contributed by atoms with Crippen LogP contribution in [0.4, 0.5) is 0 Å². The minimum atomic E-state index is -1.12. The van der Waals surface area contributed by atoms with Gasteiger partial charge in [-0.1, -0.05) is 41.9 Å². The number of imidazole rings is 1. The first-order valence-electron chi connectivity index (χ1n) is 18.9. The number of carbonyl (C=O) groups excluding carboxylic acids is 5. The molecule has 0 spiro atoms. The van der Waals surface area contributed by atoms with Gasteiger partial charge in [-0.2, -0.15) is 0 Å². The maximum Gasteiger partial charge on any atom is 0.326 e. The van der Waals surface area contributed by atoms with Gasteiger partial charge in [-0.3, -0.25) is 29.0 Å². The van der Waals surface area contributed by atoms with E-state index in [0.29, 0.717) is 31.4 Å². The highest BCUT2D eigenvalue weighted by Gasteiger charge is 2.44. The molecule has 1 aromatic carbocycles. The molecule has 3 heterocycles.